The van der Waals surface area contributed by atoms with Crippen molar-refractivity contribution >= 4 is 11.8 Å². The molecule has 2 fully saturated rings. The maximum atomic E-state index is 12.5. The summed E-state index contributed by atoms with van der Waals surface area (Å²) in [5.41, 5.74) is 6.28. The molecule has 4 rings (SSSR count). The zero-order chi connectivity index (χ0) is 18.1. The fraction of sp³-hybridized carbons (Fsp3) is 0.300. The Morgan fingerprint density at radius 1 is 1.08 bits per heavy atom. The van der Waals surface area contributed by atoms with Gasteiger partial charge in [0.05, 0.1) is 5.56 Å². The van der Waals surface area contributed by atoms with Crippen LogP contribution in [0, 0.1) is 5.92 Å². The monoisotopic (exact) mass is 351 g/mol. The molecule has 3 atom stereocenters. The van der Waals surface area contributed by atoms with Gasteiger partial charge >= 0.3 is 0 Å². The fourth-order valence-electron chi connectivity index (χ4n) is 3.76. The Balaban J connectivity index is 1.42. The van der Waals surface area contributed by atoms with Crippen molar-refractivity contribution in [2.45, 2.75) is 12.5 Å². The minimum atomic E-state index is -0.543. The van der Waals surface area contributed by atoms with Gasteiger partial charge in [-0.1, -0.05) is 12.1 Å². The lowest BCUT2D eigenvalue weighted by Gasteiger charge is -2.23. The van der Waals surface area contributed by atoms with Gasteiger partial charge in [0.1, 0.15) is 11.5 Å². The van der Waals surface area contributed by atoms with Gasteiger partial charge in [-0.2, -0.15) is 0 Å². The number of para-hydroxylation sites is 1. The molecule has 0 aliphatic carbocycles. The van der Waals surface area contributed by atoms with E-state index < -0.39 is 5.91 Å². The summed E-state index contributed by atoms with van der Waals surface area (Å²) in [7, 11) is 0. The number of piperidine rings is 1. The minimum absolute atomic E-state index is 0.0622. The van der Waals surface area contributed by atoms with Gasteiger partial charge in [-0.3, -0.25) is 9.59 Å². The van der Waals surface area contributed by atoms with E-state index in [2.05, 4.69) is 10.2 Å². The van der Waals surface area contributed by atoms with Gasteiger partial charge in [0.25, 0.3) is 11.8 Å². The second-order valence-electron chi connectivity index (χ2n) is 6.88. The predicted octanol–water partition coefficient (Wildman–Crippen LogP) is 2.01. The molecule has 0 spiro atoms. The Labute approximate surface area is 151 Å². The number of ether oxygens (including phenoxy) is 1. The third-order valence-electron chi connectivity index (χ3n) is 5.15. The number of amides is 2. The molecule has 2 bridgehead atoms. The third-order valence-corrected chi connectivity index (χ3v) is 5.15. The van der Waals surface area contributed by atoms with Crippen LogP contribution < -0.4 is 15.8 Å². The second kappa shape index (κ2) is 6.80. The average Bonchev–Trinajstić information content (AvgIpc) is 3.25. The van der Waals surface area contributed by atoms with E-state index in [0.29, 0.717) is 28.5 Å². The van der Waals surface area contributed by atoms with Gasteiger partial charge in [-0.05, 0) is 55.3 Å². The van der Waals surface area contributed by atoms with Gasteiger partial charge < -0.3 is 20.7 Å². The lowest BCUT2D eigenvalue weighted by molar-refractivity contribution is 0.0923. The first kappa shape index (κ1) is 16.6. The first-order valence-electron chi connectivity index (χ1n) is 8.80. The fourth-order valence-corrected chi connectivity index (χ4v) is 3.76. The number of carbonyl (C=O) groups excluding carboxylic acids is 2. The quantitative estimate of drug-likeness (QED) is 0.863. The van der Waals surface area contributed by atoms with Crippen molar-refractivity contribution in [2.75, 3.05) is 19.6 Å². The van der Waals surface area contributed by atoms with Crippen molar-refractivity contribution in [2.24, 2.45) is 11.7 Å². The summed E-state index contributed by atoms with van der Waals surface area (Å²) in [5.74, 6) is 0.910. The van der Waals surface area contributed by atoms with E-state index in [-0.39, 0.29) is 11.9 Å². The van der Waals surface area contributed by atoms with E-state index in [0.717, 1.165) is 26.1 Å². The number of fused-ring (bicyclic) bond motifs is 2. The first-order chi connectivity index (χ1) is 12.6. The molecule has 2 unspecified atom stereocenters. The van der Waals surface area contributed by atoms with E-state index in [4.69, 9.17) is 10.5 Å². The summed E-state index contributed by atoms with van der Waals surface area (Å²) in [4.78, 5) is 26.3. The number of hydrogen-bond donors (Lipinski definition) is 2. The molecule has 0 aromatic heterocycles. The van der Waals surface area contributed by atoms with Crippen molar-refractivity contribution in [1.82, 2.24) is 10.2 Å². The van der Waals surface area contributed by atoms with Crippen LogP contribution in [0.4, 0.5) is 0 Å². The number of nitrogens with one attached hydrogen (secondary N) is 1. The summed E-state index contributed by atoms with van der Waals surface area (Å²) in [5, 5.41) is 3.14. The molecule has 2 aromatic carbocycles. The smallest absolute Gasteiger partial charge is 0.252 e. The Bertz CT molecular complexity index is 834. The zero-order valence-corrected chi connectivity index (χ0v) is 14.4. The highest BCUT2D eigenvalue weighted by Gasteiger charge is 2.38. The molecule has 134 valence electrons. The maximum Gasteiger partial charge on any atom is 0.252 e. The number of primary amides is 1. The summed E-state index contributed by atoms with van der Waals surface area (Å²) in [6, 6.07) is 13.9. The summed E-state index contributed by atoms with van der Waals surface area (Å²) >= 11 is 0. The largest absolute Gasteiger partial charge is 0.457 e. The molecule has 2 heterocycles. The SMILES string of the molecule is NC(=O)c1ccccc1Oc1ccc(C(=O)NC2CN3CC[C@H]2C3)cc1. The van der Waals surface area contributed by atoms with Crippen LogP contribution in [-0.4, -0.2) is 42.4 Å². The van der Waals surface area contributed by atoms with E-state index >= 15 is 0 Å². The molecule has 2 aliphatic rings. The number of nitrogens with zero attached hydrogens (tertiary/aromatic N) is 1. The van der Waals surface area contributed by atoms with Crippen molar-refractivity contribution in [3.63, 3.8) is 0 Å². The molecule has 6 heteroatoms. The molecule has 3 N–H and O–H groups in total. The molecule has 0 radical (unpaired) electrons. The number of benzene rings is 2. The van der Waals surface area contributed by atoms with E-state index in [1.165, 1.54) is 0 Å². The number of carbonyl (C=O) groups is 2. The highest BCUT2D eigenvalue weighted by atomic mass is 16.5. The van der Waals surface area contributed by atoms with Crippen molar-refractivity contribution < 1.29 is 14.3 Å². The predicted molar refractivity (Wildman–Crippen MR) is 97.3 cm³/mol. The average molecular weight is 351 g/mol. The lowest BCUT2D eigenvalue weighted by atomic mass is 9.99. The molecule has 26 heavy (non-hydrogen) atoms. The Morgan fingerprint density at radius 3 is 2.50 bits per heavy atom. The van der Waals surface area contributed by atoms with Gasteiger partial charge in [0.15, 0.2) is 0 Å². The normalized spacial score (nSPS) is 23.6. The van der Waals surface area contributed by atoms with E-state index in [1.807, 2.05) is 0 Å². The van der Waals surface area contributed by atoms with Crippen LogP contribution in [0.25, 0.3) is 0 Å². The molecule has 2 aliphatic heterocycles. The standard InChI is InChI=1S/C20H21N3O3/c21-19(24)16-3-1-2-4-18(16)26-15-7-5-13(6-8-15)20(25)22-17-12-23-10-9-14(17)11-23/h1-8,14,17H,9-12H2,(H2,21,24)(H,22,25)/t14-,17?/m0/s1. The van der Waals surface area contributed by atoms with Crippen LogP contribution in [0.5, 0.6) is 11.5 Å². The van der Waals surface area contributed by atoms with Gasteiger partial charge in [0.2, 0.25) is 0 Å². The third kappa shape index (κ3) is 3.28. The van der Waals surface area contributed by atoms with E-state index in [9.17, 15) is 9.59 Å². The molecule has 2 amide bonds. The number of hydrogen-bond acceptors (Lipinski definition) is 4. The van der Waals surface area contributed by atoms with Gasteiger partial charge in [-0.15, -0.1) is 0 Å². The molecule has 6 nitrogen and oxygen atoms in total. The van der Waals surface area contributed by atoms with E-state index in [1.54, 1.807) is 48.5 Å². The first-order valence-corrected chi connectivity index (χ1v) is 8.80. The number of nitrogens with two attached hydrogens (primary N) is 1. The van der Waals surface area contributed by atoms with Crippen LogP contribution in [-0.2, 0) is 0 Å². The Morgan fingerprint density at radius 2 is 1.85 bits per heavy atom. The van der Waals surface area contributed by atoms with Crippen LogP contribution >= 0.6 is 0 Å². The zero-order valence-electron chi connectivity index (χ0n) is 14.4. The lowest BCUT2D eigenvalue weighted by Crippen LogP contribution is -2.43. The van der Waals surface area contributed by atoms with Gasteiger partial charge in [-0.25, -0.2) is 0 Å². The minimum Gasteiger partial charge on any atom is -0.457 e. The molecule has 2 aromatic rings. The van der Waals surface area contributed by atoms with Crippen LogP contribution in [0.2, 0.25) is 0 Å². The highest BCUT2D eigenvalue weighted by Crippen LogP contribution is 2.28. The topological polar surface area (TPSA) is 84.7 Å². The summed E-state index contributed by atoms with van der Waals surface area (Å²) in [6.45, 7) is 3.19. The number of rotatable bonds is 5. The summed E-state index contributed by atoms with van der Waals surface area (Å²) < 4.78 is 5.74. The highest BCUT2D eigenvalue weighted by molar-refractivity contribution is 5.96. The second-order valence-corrected chi connectivity index (χ2v) is 6.88. The summed E-state index contributed by atoms with van der Waals surface area (Å²) in [6.07, 6.45) is 1.16. The Kier molecular flexibility index (Phi) is 4.34. The van der Waals surface area contributed by atoms with Crippen LogP contribution in [0.15, 0.2) is 48.5 Å². The van der Waals surface area contributed by atoms with Crippen LogP contribution in [0.1, 0.15) is 27.1 Å². The molecular formula is C20H21N3O3. The molecular weight excluding hydrogens is 330 g/mol. The van der Waals surface area contributed by atoms with Crippen LogP contribution in [0.3, 0.4) is 0 Å². The van der Waals surface area contributed by atoms with Gasteiger partial charge in [0, 0.05) is 24.7 Å². The maximum absolute atomic E-state index is 12.5. The Hall–Kier alpha value is -2.86. The van der Waals surface area contributed by atoms with Crippen molar-refractivity contribution in [3.8, 4) is 11.5 Å². The van der Waals surface area contributed by atoms with Crippen molar-refractivity contribution in [1.29, 1.82) is 0 Å². The molecule has 2 saturated heterocycles. The molecule has 0 saturated carbocycles. The van der Waals surface area contributed by atoms with Crippen molar-refractivity contribution in [3.05, 3.63) is 59.7 Å².